The zero-order valence-electron chi connectivity index (χ0n) is 16.1. The van der Waals surface area contributed by atoms with Crippen LogP contribution in [0.4, 0.5) is 10.1 Å². The lowest BCUT2D eigenvalue weighted by molar-refractivity contribution is 0.238. The van der Waals surface area contributed by atoms with E-state index in [1.807, 2.05) is 38.1 Å². The first kappa shape index (κ1) is 19.4. The molecule has 0 bridgehead atoms. The molecule has 5 nitrogen and oxygen atoms in total. The van der Waals surface area contributed by atoms with Crippen molar-refractivity contribution in [1.82, 2.24) is 4.98 Å². The lowest BCUT2D eigenvalue weighted by Crippen LogP contribution is -2.13. The van der Waals surface area contributed by atoms with Crippen LogP contribution in [-0.2, 0) is 6.54 Å². The molecule has 2 aromatic carbocycles. The molecule has 0 aliphatic carbocycles. The molecule has 1 unspecified atom stereocenters. The second kappa shape index (κ2) is 8.57. The van der Waals surface area contributed by atoms with Crippen LogP contribution < -0.4 is 14.8 Å². The van der Waals surface area contributed by atoms with Crippen molar-refractivity contribution in [2.24, 2.45) is 0 Å². The van der Waals surface area contributed by atoms with Gasteiger partial charge in [-0.1, -0.05) is 13.0 Å². The molecule has 1 atom stereocenters. The van der Waals surface area contributed by atoms with Crippen molar-refractivity contribution in [2.75, 3.05) is 12.4 Å². The monoisotopic (exact) mass is 379 g/mol. The van der Waals surface area contributed by atoms with E-state index < -0.39 is 6.10 Å². The number of ether oxygens (including phenoxy) is 2. The first-order valence-corrected chi connectivity index (χ1v) is 9.08. The molecule has 144 valence electrons. The van der Waals surface area contributed by atoms with Crippen LogP contribution in [0.5, 0.6) is 11.5 Å². The van der Waals surface area contributed by atoms with Crippen LogP contribution in [-0.4, -0.2) is 18.2 Å². The number of anilines is 1. The fraction of sp³-hybridized carbons (Fsp3) is 0.273. The number of hydrogen-bond donors (Lipinski definition) is 1. The van der Waals surface area contributed by atoms with Gasteiger partial charge in [-0.15, -0.1) is 0 Å². The first-order chi connectivity index (χ1) is 13.5. The average molecular weight is 379 g/mol. The van der Waals surface area contributed by atoms with Gasteiger partial charge in [-0.3, -0.25) is 4.98 Å². The fourth-order valence-corrected chi connectivity index (χ4v) is 2.95. The first-order valence-electron chi connectivity index (χ1n) is 9.08. The largest absolute Gasteiger partial charge is 0.493 e. The second-order valence-electron chi connectivity index (χ2n) is 6.46. The van der Waals surface area contributed by atoms with Gasteiger partial charge in [-0.05, 0) is 55.3 Å². The summed E-state index contributed by atoms with van der Waals surface area (Å²) in [7, 11) is 1.56. The Morgan fingerprint density at radius 2 is 2.00 bits per heavy atom. The minimum Gasteiger partial charge on any atom is -0.493 e. The molecule has 3 rings (SSSR count). The Kier molecular flexibility index (Phi) is 5.95. The van der Waals surface area contributed by atoms with E-state index in [0.29, 0.717) is 24.5 Å². The minimum atomic E-state index is -0.535. The summed E-state index contributed by atoms with van der Waals surface area (Å²) in [5.74, 6) is 0.796. The maximum atomic E-state index is 13.7. The molecule has 0 saturated carbocycles. The molecule has 0 radical (unpaired) electrons. The summed E-state index contributed by atoms with van der Waals surface area (Å²) in [6.07, 6.45) is 0.0440. The number of pyridine rings is 1. The van der Waals surface area contributed by atoms with E-state index in [2.05, 4.69) is 16.4 Å². The summed E-state index contributed by atoms with van der Waals surface area (Å²) in [6, 6.07) is 14.2. The van der Waals surface area contributed by atoms with E-state index in [-0.39, 0.29) is 5.82 Å². The van der Waals surface area contributed by atoms with Gasteiger partial charge in [0.1, 0.15) is 11.9 Å². The minimum absolute atomic E-state index is 0.302. The smallest absolute Gasteiger partial charge is 0.184 e. The van der Waals surface area contributed by atoms with Gasteiger partial charge in [0.15, 0.2) is 17.6 Å². The Morgan fingerprint density at radius 3 is 2.71 bits per heavy atom. The van der Waals surface area contributed by atoms with Crippen LogP contribution in [0.1, 0.15) is 24.6 Å². The molecule has 28 heavy (non-hydrogen) atoms. The topological polar surface area (TPSA) is 67.2 Å². The van der Waals surface area contributed by atoms with Gasteiger partial charge in [0, 0.05) is 23.3 Å². The Morgan fingerprint density at radius 1 is 1.18 bits per heavy atom. The molecule has 0 aliphatic heterocycles. The number of fused-ring (bicyclic) bond motifs is 1. The molecule has 0 fully saturated rings. The van der Waals surface area contributed by atoms with E-state index in [9.17, 15) is 4.39 Å². The van der Waals surface area contributed by atoms with Crippen molar-refractivity contribution in [3.05, 3.63) is 59.5 Å². The van der Waals surface area contributed by atoms with E-state index >= 15 is 0 Å². The van der Waals surface area contributed by atoms with Crippen LogP contribution in [0.15, 0.2) is 42.5 Å². The van der Waals surface area contributed by atoms with E-state index in [1.54, 1.807) is 13.2 Å². The Bertz CT molecular complexity index is 1030. The molecule has 0 spiro atoms. The zero-order valence-corrected chi connectivity index (χ0v) is 16.1. The predicted octanol–water partition coefficient (Wildman–Crippen LogP) is 4.98. The van der Waals surface area contributed by atoms with Gasteiger partial charge in [0.2, 0.25) is 0 Å². The summed E-state index contributed by atoms with van der Waals surface area (Å²) < 4.78 is 24.8. The highest BCUT2D eigenvalue weighted by molar-refractivity contribution is 5.91. The van der Waals surface area contributed by atoms with Crippen molar-refractivity contribution < 1.29 is 13.9 Å². The van der Waals surface area contributed by atoms with Crippen LogP contribution in [0, 0.1) is 24.1 Å². The number of aryl methyl sites for hydroxylation is 1. The van der Waals surface area contributed by atoms with Gasteiger partial charge >= 0.3 is 0 Å². The van der Waals surface area contributed by atoms with Gasteiger partial charge in [-0.25, -0.2) is 4.39 Å². The number of nitrogens with zero attached hydrogens (tertiary/aromatic N) is 2. The number of halogens is 1. The molecule has 6 heteroatoms. The molecule has 1 aromatic heterocycles. The van der Waals surface area contributed by atoms with Crippen LogP contribution in [0.2, 0.25) is 0 Å². The van der Waals surface area contributed by atoms with Crippen molar-refractivity contribution in [3.63, 3.8) is 0 Å². The van der Waals surface area contributed by atoms with Crippen LogP contribution in [0.3, 0.4) is 0 Å². The van der Waals surface area contributed by atoms with E-state index in [0.717, 1.165) is 27.8 Å². The predicted molar refractivity (Wildman–Crippen MR) is 107 cm³/mol. The number of benzene rings is 2. The lowest BCUT2D eigenvalue weighted by Gasteiger charge is -2.16. The van der Waals surface area contributed by atoms with Gasteiger partial charge < -0.3 is 14.8 Å². The van der Waals surface area contributed by atoms with Crippen LogP contribution in [0.25, 0.3) is 10.9 Å². The summed E-state index contributed by atoms with van der Waals surface area (Å²) in [5.41, 5.74) is 3.34. The third kappa shape index (κ3) is 4.32. The molecule has 3 aromatic rings. The summed E-state index contributed by atoms with van der Waals surface area (Å²) in [5, 5.41) is 13.2. The quantitative estimate of drug-likeness (QED) is 0.627. The SMILES string of the molecule is CCC(C#N)Oc1cc(CNc2cc(C)nc3ccc(F)cc23)ccc1OC. The Balaban J connectivity index is 1.86. The number of nitrogens with one attached hydrogen (secondary N) is 1. The van der Waals surface area contributed by atoms with Crippen LogP contribution >= 0.6 is 0 Å². The summed E-state index contributed by atoms with van der Waals surface area (Å²) in [4.78, 5) is 4.45. The number of methoxy groups -OCH3 is 1. The maximum Gasteiger partial charge on any atom is 0.184 e. The van der Waals surface area contributed by atoms with Crippen molar-refractivity contribution in [3.8, 4) is 17.6 Å². The number of aromatic nitrogens is 1. The van der Waals surface area contributed by atoms with Crippen molar-refractivity contribution in [2.45, 2.75) is 32.9 Å². The molecule has 0 saturated heterocycles. The third-order valence-electron chi connectivity index (χ3n) is 4.39. The number of nitriles is 1. The van der Waals surface area contributed by atoms with Gasteiger partial charge in [0.25, 0.3) is 0 Å². The highest BCUT2D eigenvalue weighted by Gasteiger charge is 2.12. The number of rotatable bonds is 7. The molecule has 1 heterocycles. The molecular formula is C22H22FN3O2. The lowest BCUT2D eigenvalue weighted by atomic mass is 10.1. The molecule has 1 N–H and O–H groups in total. The fourth-order valence-electron chi connectivity index (χ4n) is 2.95. The molecule has 0 aliphatic rings. The van der Waals surface area contributed by atoms with E-state index in [4.69, 9.17) is 14.7 Å². The maximum absolute atomic E-state index is 13.7. The summed E-state index contributed by atoms with van der Waals surface area (Å²) >= 11 is 0. The normalized spacial score (nSPS) is 11.7. The highest BCUT2D eigenvalue weighted by Crippen LogP contribution is 2.30. The van der Waals surface area contributed by atoms with Gasteiger partial charge in [0.05, 0.1) is 12.6 Å². The van der Waals surface area contributed by atoms with Gasteiger partial charge in [-0.2, -0.15) is 5.26 Å². The van der Waals surface area contributed by atoms with Crippen molar-refractivity contribution >= 4 is 16.6 Å². The highest BCUT2D eigenvalue weighted by atomic mass is 19.1. The standard InChI is InChI=1S/C22H22FN3O2/c1-4-17(12-24)28-22-10-15(5-8-21(22)27-3)13-25-20-9-14(2)26-19-7-6-16(23)11-18(19)20/h5-11,17H,4,13H2,1-3H3,(H,25,26). The van der Waals surface area contributed by atoms with E-state index in [1.165, 1.54) is 12.1 Å². The van der Waals surface area contributed by atoms with Crippen molar-refractivity contribution in [1.29, 1.82) is 5.26 Å². The third-order valence-corrected chi connectivity index (χ3v) is 4.39. The second-order valence-corrected chi connectivity index (χ2v) is 6.46. The Hall–Kier alpha value is -3.33. The zero-order chi connectivity index (χ0) is 20.1. The number of hydrogen-bond acceptors (Lipinski definition) is 5. The summed E-state index contributed by atoms with van der Waals surface area (Å²) in [6.45, 7) is 4.29. The molecular weight excluding hydrogens is 357 g/mol. The molecule has 0 amide bonds. The average Bonchev–Trinajstić information content (AvgIpc) is 2.70. The Labute approximate surface area is 163 Å².